The van der Waals surface area contributed by atoms with E-state index in [-0.39, 0.29) is 17.8 Å². The number of nitrogens with zero attached hydrogens (tertiary/aromatic N) is 5. The van der Waals surface area contributed by atoms with Crippen LogP contribution in [0.4, 0.5) is 11.4 Å². The number of rotatable bonds is 3. The summed E-state index contributed by atoms with van der Waals surface area (Å²) in [5, 5.41) is 0.633. The van der Waals surface area contributed by atoms with Crippen LogP contribution in [0.5, 0.6) is 0 Å². The number of carbonyl (C=O) groups is 1. The molecule has 2 fully saturated rings. The Hall–Kier alpha value is -2.48. The fourth-order valence-electron chi connectivity index (χ4n) is 4.95. The molecule has 8 nitrogen and oxygen atoms in total. The topological polar surface area (TPSA) is 104 Å². The van der Waals surface area contributed by atoms with E-state index in [9.17, 15) is 4.79 Å². The van der Waals surface area contributed by atoms with Gasteiger partial charge in [0.2, 0.25) is 17.8 Å². The molecule has 1 saturated carbocycles. The van der Waals surface area contributed by atoms with Gasteiger partial charge in [0.15, 0.2) is 0 Å². The number of aliphatic imine (C=N–C) groups is 2. The molecule has 0 atom stereocenters. The highest BCUT2D eigenvalue weighted by Crippen LogP contribution is 2.43. The molecule has 31 heavy (non-hydrogen) atoms. The number of carbonyl (C=O) groups excluding carboxylic acids is 1. The molecule has 4 rings (SSSR count). The number of benzene rings is 1. The lowest BCUT2D eigenvalue weighted by Gasteiger charge is -2.47. The van der Waals surface area contributed by atoms with Crippen molar-refractivity contribution in [3.05, 3.63) is 23.2 Å². The molecule has 0 radical (unpaired) electrons. The lowest BCUT2D eigenvalue weighted by atomic mass is 9.87. The van der Waals surface area contributed by atoms with Crippen LogP contribution in [-0.4, -0.2) is 54.6 Å². The quantitative estimate of drug-likeness (QED) is 0.744. The Balaban J connectivity index is 1.67. The van der Waals surface area contributed by atoms with Gasteiger partial charge in [0, 0.05) is 37.1 Å². The third-order valence-corrected chi connectivity index (χ3v) is 6.69. The molecule has 2 aliphatic heterocycles. The predicted molar refractivity (Wildman–Crippen MR) is 127 cm³/mol. The average molecular weight is 446 g/mol. The highest BCUT2D eigenvalue weighted by atomic mass is 35.5. The van der Waals surface area contributed by atoms with E-state index in [0.29, 0.717) is 24.1 Å². The van der Waals surface area contributed by atoms with Crippen LogP contribution in [-0.2, 0) is 4.79 Å². The van der Waals surface area contributed by atoms with E-state index in [1.54, 1.807) is 0 Å². The standard InChI is InChI=1S/C22H32ClN7O/c1-15(2)19(31)29-12-10-28(11-13-29)17-7-6-16(23)14-18(17)30-21(25)26-20(24)27-22(30)8-4-3-5-9-22/h6-7,14-15H,3-5,8-13H2,1-2H3,(H4,24,25,26,27). The first-order valence-electron chi connectivity index (χ1n) is 11.1. The summed E-state index contributed by atoms with van der Waals surface area (Å²) in [6.45, 7) is 6.77. The van der Waals surface area contributed by atoms with Gasteiger partial charge >= 0.3 is 0 Å². The van der Waals surface area contributed by atoms with Crippen molar-refractivity contribution in [2.75, 3.05) is 36.0 Å². The maximum atomic E-state index is 12.4. The summed E-state index contributed by atoms with van der Waals surface area (Å²) >= 11 is 6.44. The molecule has 0 unspecified atom stereocenters. The lowest BCUT2D eigenvalue weighted by Crippen LogP contribution is -2.59. The summed E-state index contributed by atoms with van der Waals surface area (Å²) in [6, 6.07) is 5.87. The van der Waals surface area contributed by atoms with Gasteiger partial charge < -0.3 is 21.3 Å². The van der Waals surface area contributed by atoms with E-state index in [1.807, 2.05) is 41.8 Å². The molecule has 2 heterocycles. The van der Waals surface area contributed by atoms with Crippen molar-refractivity contribution >= 4 is 40.8 Å². The van der Waals surface area contributed by atoms with Gasteiger partial charge in [0.1, 0.15) is 5.66 Å². The number of guanidine groups is 2. The van der Waals surface area contributed by atoms with Crippen molar-refractivity contribution in [3.63, 3.8) is 0 Å². The van der Waals surface area contributed by atoms with Gasteiger partial charge in [-0.1, -0.05) is 31.9 Å². The van der Waals surface area contributed by atoms with Crippen molar-refractivity contribution in [2.24, 2.45) is 27.4 Å². The summed E-state index contributed by atoms with van der Waals surface area (Å²) in [5.41, 5.74) is 13.9. The van der Waals surface area contributed by atoms with E-state index in [0.717, 1.165) is 50.1 Å². The van der Waals surface area contributed by atoms with Crippen LogP contribution >= 0.6 is 11.6 Å². The zero-order chi connectivity index (χ0) is 22.2. The zero-order valence-corrected chi connectivity index (χ0v) is 19.1. The molecule has 1 spiro atoms. The number of hydrogen-bond donors (Lipinski definition) is 2. The summed E-state index contributed by atoms with van der Waals surface area (Å²) in [4.78, 5) is 27.8. The highest BCUT2D eigenvalue weighted by Gasteiger charge is 2.44. The molecule has 0 aromatic heterocycles. The highest BCUT2D eigenvalue weighted by molar-refractivity contribution is 6.31. The number of halogens is 1. The van der Waals surface area contributed by atoms with Gasteiger partial charge in [-0.25, -0.2) is 4.99 Å². The molecule has 1 aromatic carbocycles. The van der Waals surface area contributed by atoms with Gasteiger partial charge in [-0.2, -0.15) is 4.99 Å². The van der Waals surface area contributed by atoms with Crippen molar-refractivity contribution in [1.29, 1.82) is 0 Å². The molecular formula is C22H32ClN7O. The molecule has 1 aromatic rings. The molecule has 0 bridgehead atoms. The molecule has 1 saturated heterocycles. The Labute approximate surface area is 188 Å². The molecule has 168 valence electrons. The van der Waals surface area contributed by atoms with E-state index in [4.69, 9.17) is 28.1 Å². The van der Waals surface area contributed by atoms with Crippen molar-refractivity contribution in [3.8, 4) is 0 Å². The monoisotopic (exact) mass is 445 g/mol. The summed E-state index contributed by atoms with van der Waals surface area (Å²) in [6.07, 6.45) is 5.04. The smallest absolute Gasteiger partial charge is 0.225 e. The first kappa shape index (κ1) is 21.7. The van der Waals surface area contributed by atoms with Crippen LogP contribution < -0.4 is 21.3 Å². The number of amides is 1. The van der Waals surface area contributed by atoms with E-state index < -0.39 is 5.66 Å². The second-order valence-corrected chi connectivity index (χ2v) is 9.36. The Morgan fingerprint density at radius 2 is 1.74 bits per heavy atom. The van der Waals surface area contributed by atoms with Gasteiger partial charge in [0.25, 0.3) is 0 Å². The molecule has 1 aliphatic carbocycles. The minimum absolute atomic E-state index is 0.0106. The van der Waals surface area contributed by atoms with Crippen molar-refractivity contribution in [1.82, 2.24) is 4.90 Å². The van der Waals surface area contributed by atoms with Gasteiger partial charge in [-0.15, -0.1) is 0 Å². The van der Waals surface area contributed by atoms with Gasteiger partial charge in [-0.05, 0) is 43.9 Å². The van der Waals surface area contributed by atoms with Crippen LogP contribution in [0.3, 0.4) is 0 Å². The Kier molecular flexibility index (Phi) is 6.01. The maximum Gasteiger partial charge on any atom is 0.225 e. The Morgan fingerprint density at radius 1 is 1.06 bits per heavy atom. The minimum Gasteiger partial charge on any atom is -0.369 e. The first-order chi connectivity index (χ1) is 14.8. The molecule has 4 N–H and O–H groups in total. The largest absolute Gasteiger partial charge is 0.369 e. The van der Waals surface area contributed by atoms with Crippen LogP contribution in [0.2, 0.25) is 5.02 Å². The lowest BCUT2D eigenvalue weighted by molar-refractivity contribution is -0.134. The predicted octanol–water partition coefficient (Wildman–Crippen LogP) is 2.75. The van der Waals surface area contributed by atoms with Crippen LogP contribution in [0, 0.1) is 5.92 Å². The molecule has 3 aliphatic rings. The number of piperazine rings is 1. The second kappa shape index (κ2) is 8.57. The second-order valence-electron chi connectivity index (χ2n) is 8.92. The van der Waals surface area contributed by atoms with Gasteiger partial charge in [0.05, 0.1) is 11.4 Å². The minimum atomic E-state index is -0.525. The molecule has 1 amide bonds. The maximum absolute atomic E-state index is 12.4. The van der Waals surface area contributed by atoms with Crippen LogP contribution in [0.15, 0.2) is 28.2 Å². The molecular weight excluding hydrogens is 414 g/mol. The Morgan fingerprint density at radius 3 is 2.39 bits per heavy atom. The van der Waals surface area contributed by atoms with E-state index in [2.05, 4.69) is 9.89 Å². The van der Waals surface area contributed by atoms with Gasteiger partial charge in [-0.3, -0.25) is 9.69 Å². The summed E-state index contributed by atoms with van der Waals surface area (Å²) in [7, 11) is 0. The van der Waals surface area contributed by atoms with Crippen LogP contribution in [0.25, 0.3) is 0 Å². The Bertz CT molecular complexity index is 899. The zero-order valence-electron chi connectivity index (χ0n) is 18.4. The van der Waals surface area contributed by atoms with E-state index in [1.165, 1.54) is 6.42 Å². The molecule has 9 heteroatoms. The number of anilines is 2. The normalized spacial score (nSPS) is 21.4. The third-order valence-electron chi connectivity index (χ3n) is 6.46. The summed E-state index contributed by atoms with van der Waals surface area (Å²) in [5.74, 6) is 0.803. The van der Waals surface area contributed by atoms with Crippen molar-refractivity contribution in [2.45, 2.75) is 51.6 Å². The number of nitrogens with two attached hydrogens (primary N) is 2. The van der Waals surface area contributed by atoms with Crippen LogP contribution in [0.1, 0.15) is 46.0 Å². The summed E-state index contributed by atoms with van der Waals surface area (Å²) < 4.78 is 0. The van der Waals surface area contributed by atoms with E-state index >= 15 is 0 Å². The fourth-order valence-corrected chi connectivity index (χ4v) is 5.11. The third kappa shape index (κ3) is 4.18. The first-order valence-corrected chi connectivity index (χ1v) is 11.5. The average Bonchev–Trinajstić information content (AvgIpc) is 2.73. The SMILES string of the molecule is CC(C)C(=O)N1CCN(c2ccc(Cl)cc2N2C(N)=NC(N)=NC23CCCCC3)CC1. The van der Waals surface area contributed by atoms with Crippen molar-refractivity contribution < 1.29 is 4.79 Å². The fraction of sp³-hybridized carbons (Fsp3) is 0.591. The number of hydrogen-bond acceptors (Lipinski definition) is 7.